The van der Waals surface area contributed by atoms with Crippen molar-refractivity contribution in [3.8, 4) is 0 Å². The van der Waals surface area contributed by atoms with Crippen molar-refractivity contribution in [3.05, 3.63) is 52.1 Å². The smallest absolute Gasteiger partial charge is 0.146 e. The lowest BCUT2D eigenvalue weighted by Crippen LogP contribution is -1.99. The second-order valence-corrected chi connectivity index (χ2v) is 4.50. The summed E-state index contributed by atoms with van der Waals surface area (Å²) in [4.78, 5) is 0. The molecular formula is C12H12BrN3. The van der Waals surface area contributed by atoms with E-state index in [1.165, 1.54) is 5.56 Å². The summed E-state index contributed by atoms with van der Waals surface area (Å²) >= 11 is 3.45. The Morgan fingerprint density at radius 3 is 2.62 bits per heavy atom. The zero-order valence-corrected chi connectivity index (χ0v) is 10.3. The number of halogens is 1. The standard InChI is InChI=1S/C12H12BrN3/c13-10-3-1-2-9(8-10)4-5-11-6-7-12(14)16-15-11/h1-3,6-8H,4-5H2,(H2,14,16). The predicted octanol–water partition coefficient (Wildman–Crippen LogP) is 2.61. The number of nitrogens with zero attached hydrogens (tertiary/aromatic N) is 2. The van der Waals surface area contributed by atoms with Crippen LogP contribution in [0.4, 0.5) is 5.82 Å². The first kappa shape index (κ1) is 11.1. The molecule has 0 spiro atoms. The van der Waals surface area contributed by atoms with E-state index in [2.05, 4.69) is 38.3 Å². The first-order valence-corrected chi connectivity index (χ1v) is 5.86. The van der Waals surface area contributed by atoms with Gasteiger partial charge in [0.25, 0.3) is 0 Å². The summed E-state index contributed by atoms with van der Waals surface area (Å²) in [7, 11) is 0. The van der Waals surface area contributed by atoms with Crippen LogP contribution in [-0.2, 0) is 12.8 Å². The van der Waals surface area contributed by atoms with Gasteiger partial charge in [-0.15, -0.1) is 5.10 Å². The molecule has 82 valence electrons. The van der Waals surface area contributed by atoms with Crippen LogP contribution >= 0.6 is 15.9 Å². The highest BCUT2D eigenvalue weighted by Crippen LogP contribution is 2.13. The molecule has 0 unspecified atom stereocenters. The summed E-state index contributed by atoms with van der Waals surface area (Å²) in [6.45, 7) is 0. The van der Waals surface area contributed by atoms with Gasteiger partial charge in [0, 0.05) is 4.47 Å². The molecule has 1 aromatic carbocycles. The van der Waals surface area contributed by atoms with E-state index in [1.807, 2.05) is 18.2 Å². The van der Waals surface area contributed by atoms with Gasteiger partial charge < -0.3 is 5.73 Å². The van der Waals surface area contributed by atoms with Crippen LogP contribution in [0.3, 0.4) is 0 Å². The van der Waals surface area contributed by atoms with Gasteiger partial charge in [-0.1, -0.05) is 28.1 Å². The van der Waals surface area contributed by atoms with Gasteiger partial charge in [0.05, 0.1) is 5.69 Å². The molecule has 0 bridgehead atoms. The number of anilines is 1. The lowest BCUT2D eigenvalue weighted by molar-refractivity contribution is 0.862. The summed E-state index contributed by atoms with van der Waals surface area (Å²) in [6, 6.07) is 12.0. The summed E-state index contributed by atoms with van der Waals surface area (Å²) in [5.74, 6) is 0.464. The maximum atomic E-state index is 5.47. The summed E-state index contributed by atoms with van der Waals surface area (Å²) in [5.41, 5.74) is 7.73. The first-order valence-electron chi connectivity index (χ1n) is 5.06. The van der Waals surface area contributed by atoms with Gasteiger partial charge in [0.2, 0.25) is 0 Å². The number of benzene rings is 1. The van der Waals surface area contributed by atoms with Gasteiger partial charge in [-0.2, -0.15) is 5.10 Å². The van der Waals surface area contributed by atoms with E-state index in [0.717, 1.165) is 23.0 Å². The normalized spacial score (nSPS) is 10.3. The van der Waals surface area contributed by atoms with Crippen molar-refractivity contribution < 1.29 is 0 Å². The monoisotopic (exact) mass is 277 g/mol. The number of aryl methyl sites for hydroxylation is 2. The molecule has 0 radical (unpaired) electrons. The Labute approximate surface area is 103 Å². The van der Waals surface area contributed by atoms with Crippen molar-refractivity contribution >= 4 is 21.7 Å². The molecule has 0 amide bonds. The van der Waals surface area contributed by atoms with Crippen molar-refractivity contribution in [1.29, 1.82) is 0 Å². The van der Waals surface area contributed by atoms with Crippen LogP contribution in [-0.4, -0.2) is 10.2 Å². The Hall–Kier alpha value is -1.42. The van der Waals surface area contributed by atoms with Crippen LogP contribution in [0.5, 0.6) is 0 Å². The quantitative estimate of drug-likeness (QED) is 0.938. The average Bonchev–Trinajstić information content (AvgIpc) is 2.28. The van der Waals surface area contributed by atoms with Crippen LogP contribution in [0.2, 0.25) is 0 Å². The molecule has 16 heavy (non-hydrogen) atoms. The molecule has 0 saturated carbocycles. The van der Waals surface area contributed by atoms with E-state index >= 15 is 0 Å². The fourth-order valence-electron chi connectivity index (χ4n) is 1.47. The molecule has 0 aliphatic carbocycles. The van der Waals surface area contributed by atoms with E-state index < -0.39 is 0 Å². The third-order valence-corrected chi connectivity index (χ3v) is 2.79. The molecule has 2 rings (SSSR count). The highest BCUT2D eigenvalue weighted by atomic mass is 79.9. The van der Waals surface area contributed by atoms with Crippen LogP contribution in [0, 0.1) is 0 Å². The van der Waals surface area contributed by atoms with E-state index in [4.69, 9.17) is 5.73 Å². The Morgan fingerprint density at radius 2 is 1.94 bits per heavy atom. The van der Waals surface area contributed by atoms with Crippen LogP contribution in [0.25, 0.3) is 0 Å². The van der Waals surface area contributed by atoms with Crippen LogP contribution < -0.4 is 5.73 Å². The lowest BCUT2D eigenvalue weighted by atomic mass is 10.1. The molecule has 1 heterocycles. The van der Waals surface area contributed by atoms with Crippen molar-refractivity contribution in [2.24, 2.45) is 0 Å². The molecule has 0 saturated heterocycles. The Balaban J connectivity index is 1.99. The van der Waals surface area contributed by atoms with Gasteiger partial charge in [-0.05, 0) is 42.7 Å². The molecule has 3 nitrogen and oxygen atoms in total. The molecule has 0 atom stereocenters. The number of rotatable bonds is 3. The van der Waals surface area contributed by atoms with Crippen molar-refractivity contribution in [2.45, 2.75) is 12.8 Å². The molecule has 2 N–H and O–H groups in total. The Kier molecular flexibility index (Phi) is 3.51. The third-order valence-electron chi connectivity index (χ3n) is 2.30. The Bertz CT molecular complexity index is 468. The maximum Gasteiger partial charge on any atom is 0.146 e. The maximum absolute atomic E-state index is 5.47. The van der Waals surface area contributed by atoms with Gasteiger partial charge in [0.15, 0.2) is 0 Å². The van der Waals surface area contributed by atoms with Crippen LogP contribution in [0.15, 0.2) is 40.9 Å². The largest absolute Gasteiger partial charge is 0.382 e. The fourth-order valence-corrected chi connectivity index (χ4v) is 1.92. The number of nitrogen functional groups attached to an aromatic ring is 1. The molecule has 0 aliphatic rings. The molecule has 0 aliphatic heterocycles. The summed E-state index contributed by atoms with van der Waals surface area (Å²) in [5, 5.41) is 7.86. The average molecular weight is 278 g/mol. The van der Waals surface area contributed by atoms with Gasteiger partial charge in [0.1, 0.15) is 5.82 Å². The van der Waals surface area contributed by atoms with E-state index in [1.54, 1.807) is 6.07 Å². The SMILES string of the molecule is Nc1ccc(CCc2cccc(Br)c2)nn1. The van der Waals surface area contributed by atoms with Crippen LogP contribution in [0.1, 0.15) is 11.3 Å². The lowest BCUT2D eigenvalue weighted by Gasteiger charge is -2.01. The molecule has 4 heteroatoms. The van der Waals surface area contributed by atoms with E-state index in [0.29, 0.717) is 5.82 Å². The highest BCUT2D eigenvalue weighted by Gasteiger charge is 1.98. The summed E-state index contributed by atoms with van der Waals surface area (Å²) < 4.78 is 1.10. The van der Waals surface area contributed by atoms with Crippen molar-refractivity contribution in [1.82, 2.24) is 10.2 Å². The number of hydrogen-bond donors (Lipinski definition) is 1. The number of aromatic nitrogens is 2. The minimum atomic E-state index is 0.464. The van der Waals surface area contributed by atoms with Gasteiger partial charge >= 0.3 is 0 Å². The zero-order chi connectivity index (χ0) is 11.4. The molecule has 1 aromatic heterocycles. The highest BCUT2D eigenvalue weighted by molar-refractivity contribution is 9.10. The zero-order valence-electron chi connectivity index (χ0n) is 8.73. The summed E-state index contributed by atoms with van der Waals surface area (Å²) in [6.07, 6.45) is 1.84. The van der Waals surface area contributed by atoms with Gasteiger partial charge in [-0.3, -0.25) is 0 Å². The van der Waals surface area contributed by atoms with Crippen molar-refractivity contribution in [2.75, 3.05) is 5.73 Å². The second-order valence-electron chi connectivity index (χ2n) is 3.58. The topological polar surface area (TPSA) is 51.8 Å². The van der Waals surface area contributed by atoms with Gasteiger partial charge in [-0.25, -0.2) is 0 Å². The fraction of sp³-hybridized carbons (Fsp3) is 0.167. The molecular weight excluding hydrogens is 266 g/mol. The molecule has 0 fully saturated rings. The third kappa shape index (κ3) is 3.03. The number of hydrogen-bond acceptors (Lipinski definition) is 3. The first-order chi connectivity index (χ1) is 7.74. The van der Waals surface area contributed by atoms with E-state index in [9.17, 15) is 0 Å². The Morgan fingerprint density at radius 1 is 1.06 bits per heavy atom. The molecule has 2 aromatic rings. The minimum absolute atomic E-state index is 0.464. The second kappa shape index (κ2) is 5.07. The minimum Gasteiger partial charge on any atom is -0.382 e. The van der Waals surface area contributed by atoms with E-state index in [-0.39, 0.29) is 0 Å². The predicted molar refractivity (Wildman–Crippen MR) is 68.0 cm³/mol. The number of nitrogens with two attached hydrogens (primary N) is 1. The van der Waals surface area contributed by atoms with Crippen molar-refractivity contribution in [3.63, 3.8) is 0 Å².